The van der Waals surface area contributed by atoms with Crippen LogP contribution >= 0.6 is 0 Å². The number of rotatable bonds is 6. The van der Waals surface area contributed by atoms with Gasteiger partial charge in [0.25, 0.3) is 5.91 Å². The molecular formula is C25H22N4O. The average molecular weight is 394 g/mol. The molecule has 0 radical (unpaired) electrons. The Balaban J connectivity index is 1.43. The third-order valence-electron chi connectivity index (χ3n) is 4.78. The molecule has 0 unspecified atom stereocenters. The van der Waals surface area contributed by atoms with Gasteiger partial charge in [0.05, 0.1) is 11.3 Å². The summed E-state index contributed by atoms with van der Waals surface area (Å²) in [6.07, 6.45) is 3.34. The minimum Gasteiger partial charge on any atom is -0.366 e. The maximum absolute atomic E-state index is 12.7. The fourth-order valence-corrected chi connectivity index (χ4v) is 3.12. The summed E-state index contributed by atoms with van der Waals surface area (Å²) in [6.45, 7) is 2.71. The second-order valence-electron chi connectivity index (χ2n) is 6.97. The third-order valence-corrected chi connectivity index (χ3v) is 4.78. The topological polar surface area (TPSA) is 66.9 Å². The predicted octanol–water partition coefficient (Wildman–Crippen LogP) is 5.32. The van der Waals surface area contributed by atoms with Gasteiger partial charge in [-0.15, -0.1) is 0 Å². The molecule has 0 aliphatic carbocycles. The molecule has 0 atom stereocenters. The van der Waals surface area contributed by atoms with Gasteiger partial charge in [0.2, 0.25) is 0 Å². The van der Waals surface area contributed by atoms with Crippen LogP contribution in [-0.2, 0) is 6.54 Å². The molecule has 5 heteroatoms. The SMILES string of the molecule is Cc1ccc(NC(=O)c2ccc(NCc3ccccc3)nc2)cc1-c1ccccn1. The summed E-state index contributed by atoms with van der Waals surface area (Å²) < 4.78 is 0. The van der Waals surface area contributed by atoms with Gasteiger partial charge >= 0.3 is 0 Å². The van der Waals surface area contributed by atoms with Crippen LogP contribution in [0.15, 0.2) is 91.3 Å². The van der Waals surface area contributed by atoms with E-state index in [9.17, 15) is 4.79 Å². The predicted molar refractivity (Wildman–Crippen MR) is 120 cm³/mol. The molecule has 0 aliphatic rings. The molecule has 30 heavy (non-hydrogen) atoms. The lowest BCUT2D eigenvalue weighted by Crippen LogP contribution is -2.12. The van der Waals surface area contributed by atoms with E-state index in [1.54, 1.807) is 18.5 Å². The van der Waals surface area contributed by atoms with Crippen molar-refractivity contribution in [2.45, 2.75) is 13.5 Å². The van der Waals surface area contributed by atoms with Gasteiger partial charge in [0.1, 0.15) is 5.82 Å². The van der Waals surface area contributed by atoms with Gasteiger partial charge in [-0.25, -0.2) is 4.98 Å². The smallest absolute Gasteiger partial charge is 0.257 e. The van der Waals surface area contributed by atoms with Gasteiger partial charge in [0, 0.05) is 30.2 Å². The van der Waals surface area contributed by atoms with Crippen LogP contribution in [0.4, 0.5) is 11.5 Å². The first kappa shape index (κ1) is 19.3. The van der Waals surface area contributed by atoms with Gasteiger partial charge in [-0.2, -0.15) is 0 Å². The number of amides is 1. The second-order valence-corrected chi connectivity index (χ2v) is 6.97. The first-order chi connectivity index (χ1) is 14.7. The zero-order chi connectivity index (χ0) is 20.8. The molecule has 0 bridgehead atoms. The van der Waals surface area contributed by atoms with Crippen molar-refractivity contribution in [1.29, 1.82) is 0 Å². The fraction of sp³-hybridized carbons (Fsp3) is 0.0800. The van der Waals surface area contributed by atoms with E-state index in [-0.39, 0.29) is 5.91 Å². The number of hydrogen-bond donors (Lipinski definition) is 2. The van der Waals surface area contributed by atoms with Crippen LogP contribution in [0.5, 0.6) is 0 Å². The van der Waals surface area contributed by atoms with Crippen LogP contribution in [0.25, 0.3) is 11.3 Å². The second kappa shape index (κ2) is 9.01. The molecule has 4 aromatic rings. The van der Waals surface area contributed by atoms with Crippen molar-refractivity contribution in [3.05, 3.63) is 108 Å². The summed E-state index contributed by atoms with van der Waals surface area (Å²) >= 11 is 0. The number of benzene rings is 2. The highest BCUT2D eigenvalue weighted by atomic mass is 16.1. The molecule has 2 heterocycles. The maximum Gasteiger partial charge on any atom is 0.257 e. The molecule has 0 spiro atoms. The van der Waals surface area contributed by atoms with E-state index in [2.05, 4.69) is 32.7 Å². The van der Waals surface area contributed by atoms with Crippen LogP contribution in [0, 0.1) is 6.92 Å². The lowest BCUT2D eigenvalue weighted by Gasteiger charge is -2.10. The van der Waals surface area contributed by atoms with E-state index in [4.69, 9.17) is 0 Å². The Morgan fingerprint density at radius 3 is 2.47 bits per heavy atom. The zero-order valence-electron chi connectivity index (χ0n) is 16.7. The van der Waals surface area contributed by atoms with Gasteiger partial charge < -0.3 is 10.6 Å². The van der Waals surface area contributed by atoms with Crippen molar-refractivity contribution in [3.63, 3.8) is 0 Å². The number of pyridine rings is 2. The van der Waals surface area contributed by atoms with E-state index in [0.29, 0.717) is 12.1 Å². The number of carbonyl (C=O) groups is 1. The molecule has 5 nitrogen and oxygen atoms in total. The summed E-state index contributed by atoms with van der Waals surface area (Å²) in [4.78, 5) is 21.4. The van der Waals surface area contributed by atoms with Crippen LogP contribution in [0.2, 0.25) is 0 Å². The summed E-state index contributed by atoms with van der Waals surface area (Å²) in [5.41, 5.74) is 5.36. The molecule has 2 N–H and O–H groups in total. The Morgan fingerprint density at radius 1 is 0.900 bits per heavy atom. The van der Waals surface area contributed by atoms with Crippen molar-refractivity contribution in [1.82, 2.24) is 9.97 Å². The number of carbonyl (C=O) groups excluding carboxylic acids is 1. The Morgan fingerprint density at radius 2 is 1.73 bits per heavy atom. The molecule has 1 amide bonds. The van der Waals surface area contributed by atoms with Gasteiger partial charge in [-0.3, -0.25) is 9.78 Å². The minimum atomic E-state index is -0.201. The highest BCUT2D eigenvalue weighted by Crippen LogP contribution is 2.25. The van der Waals surface area contributed by atoms with Crippen molar-refractivity contribution in [2.75, 3.05) is 10.6 Å². The van der Waals surface area contributed by atoms with Gasteiger partial charge in [0.15, 0.2) is 0 Å². The highest BCUT2D eigenvalue weighted by molar-refractivity contribution is 6.04. The molecule has 0 fully saturated rings. The Hall–Kier alpha value is -3.99. The standard InChI is InChI=1S/C25H22N4O/c1-18-10-12-21(15-22(18)23-9-5-6-14-26-23)29-25(30)20-11-13-24(28-17-20)27-16-19-7-3-2-4-8-19/h2-15,17H,16H2,1H3,(H,27,28)(H,29,30). The van der Waals surface area contributed by atoms with Crippen molar-refractivity contribution in [2.24, 2.45) is 0 Å². The van der Waals surface area contributed by atoms with Crippen LogP contribution in [-0.4, -0.2) is 15.9 Å². The number of nitrogens with one attached hydrogen (secondary N) is 2. The molecule has 148 valence electrons. The lowest BCUT2D eigenvalue weighted by molar-refractivity contribution is 0.102. The van der Waals surface area contributed by atoms with E-state index >= 15 is 0 Å². The quantitative estimate of drug-likeness (QED) is 0.465. The van der Waals surface area contributed by atoms with Crippen LogP contribution in [0.1, 0.15) is 21.5 Å². The van der Waals surface area contributed by atoms with Gasteiger partial charge in [-0.05, 0) is 54.4 Å². The van der Waals surface area contributed by atoms with E-state index in [1.165, 1.54) is 5.56 Å². The Labute approximate surface area is 175 Å². The first-order valence-corrected chi connectivity index (χ1v) is 9.76. The third kappa shape index (κ3) is 4.70. The number of hydrogen-bond acceptors (Lipinski definition) is 4. The minimum absolute atomic E-state index is 0.201. The molecule has 0 saturated carbocycles. The largest absolute Gasteiger partial charge is 0.366 e. The number of nitrogens with zero attached hydrogens (tertiary/aromatic N) is 2. The Bertz CT molecular complexity index is 1130. The monoisotopic (exact) mass is 394 g/mol. The number of anilines is 2. The summed E-state index contributed by atoms with van der Waals surface area (Å²) in [5.74, 6) is 0.524. The van der Waals surface area contributed by atoms with Crippen molar-refractivity contribution >= 4 is 17.4 Å². The average Bonchev–Trinajstić information content (AvgIpc) is 2.80. The van der Waals surface area contributed by atoms with E-state index < -0.39 is 0 Å². The number of aromatic nitrogens is 2. The maximum atomic E-state index is 12.7. The van der Waals surface area contributed by atoms with Gasteiger partial charge in [-0.1, -0.05) is 42.5 Å². The Kier molecular flexibility index (Phi) is 5.80. The summed E-state index contributed by atoms with van der Waals surface area (Å²) in [7, 11) is 0. The normalized spacial score (nSPS) is 10.4. The highest BCUT2D eigenvalue weighted by Gasteiger charge is 2.10. The molecule has 2 aromatic heterocycles. The molecule has 2 aromatic carbocycles. The number of aryl methyl sites for hydroxylation is 1. The lowest BCUT2D eigenvalue weighted by atomic mass is 10.0. The molecule has 0 saturated heterocycles. The van der Waals surface area contributed by atoms with Crippen molar-refractivity contribution < 1.29 is 4.79 Å². The van der Waals surface area contributed by atoms with Crippen molar-refractivity contribution in [3.8, 4) is 11.3 Å². The fourth-order valence-electron chi connectivity index (χ4n) is 3.12. The summed E-state index contributed by atoms with van der Waals surface area (Å²) in [5, 5.41) is 6.20. The zero-order valence-corrected chi connectivity index (χ0v) is 16.7. The summed E-state index contributed by atoms with van der Waals surface area (Å²) in [6, 6.07) is 25.3. The van der Waals surface area contributed by atoms with E-state index in [0.717, 1.165) is 28.3 Å². The molecule has 4 rings (SSSR count). The van der Waals surface area contributed by atoms with Crippen LogP contribution in [0.3, 0.4) is 0 Å². The van der Waals surface area contributed by atoms with Crippen LogP contribution < -0.4 is 10.6 Å². The first-order valence-electron chi connectivity index (χ1n) is 9.76. The molecular weight excluding hydrogens is 372 g/mol. The van der Waals surface area contributed by atoms with E-state index in [1.807, 2.05) is 67.6 Å². The molecule has 0 aliphatic heterocycles.